The van der Waals surface area contributed by atoms with Crippen LogP contribution in [0.5, 0.6) is 0 Å². The molecule has 0 bridgehead atoms. The third-order valence-corrected chi connectivity index (χ3v) is 3.96. The van der Waals surface area contributed by atoms with Crippen molar-refractivity contribution in [2.24, 2.45) is 0 Å². The molecule has 0 aliphatic heterocycles. The van der Waals surface area contributed by atoms with Crippen LogP contribution in [0, 0.1) is 5.82 Å². The van der Waals surface area contributed by atoms with E-state index in [0.717, 1.165) is 18.2 Å². The summed E-state index contributed by atoms with van der Waals surface area (Å²) in [5, 5.41) is 8.49. The summed E-state index contributed by atoms with van der Waals surface area (Å²) in [6.45, 7) is 3.34. The van der Waals surface area contributed by atoms with Crippen molar-refractivity contribution in [3.8, 4) is 0 Å². The first-order valence-electron chi connectivity index (χ1n) is 5.09. The molecule has 1 unspecified atom stereocenters. The average Bonchev–Trinajstić information content (AvgIpc) is 2.31. The lowest BCUT2D eigenvalue weighted by molar-refractivity contribution is -0.138. The molecule has 104 valence electrons. The molecule has 1 aromatic rings. The summed E-state index contributed by atoms with van der Waals surface area (Å²) in [5.41, 5.74) is 0. The zero-order valence-corrected chi connectivity index (χ0v) is 11.2. The van der Waals surface area contributed by atoms with Crippen molar-refractivity contribution in [3.63, 3.8) is 0 Å². The predicted molar refractivity (Wildman–Crippen MR) is 68.0 cm³/mol. The molecule has 1 rings (SSSR count). The molecule has 5 nitrogen and oxygen atoms in total. The van der Waals surface area contributed by atoms with Gasteiger partial charge in [-0.05, 0) is 24.6 Å². The Morgan fingerprint density at radius 1 is 1.58 bits per heavy atom. The first-order valence-corrected chi connectivity index (χ1v) is 6.95. The number of carboxylic acids is 1. The van der Waals surface area contributed by atoms with E-state index in [-0.39, 0.29) is 16.3 Å². The van der Waals surface area contributed by atoms with Crippen molar-refractivity contribution >= 4 is 27.6 Å². The molecule has 0 aliphatic carbocycles. The minimum absolute atomic E-state index is 0.0799. The average molecular weight is 308 g/mol. The molecular formula is C11H11ClFNO4S. The van der Waals surface area contributed by atoms with Crippen molar-refractivity contribution in [1.29, 1.82) is 0 Å². The van der Waals surface area contributed by atoms with Crippen molar-refractivity contribution in [2.45, 2.75) is 17.4 Å². The second-order valence-corrected chi connectivity index (χ2v) is 5.73. The molecule has 0 saturated heterocycles. The van der Waals surface area contributed by atoms with Gasteiger partial charge >= 0.3 is 5.97 Å². The lowest BCUT2D eigenvalue weighted by Gasteiger charge is -2.13. The second-order valence-electron chi connectivity index (χ2n) is 3.61. The number of benzene rings is 1. The van der Waals surface area contributed by atoms with Crippen LogP contribution < -0.4 is 4.72 Å². The van der Waals surface area contributed by atoms with Gasteiger partial charge in [0.25, 0.3) is 0 Å². The van der Waals surface area contributed by atoms with Gasteiger partial charge in [0.05, 0.1) is 9.92 Å². The highest BCUT2D eigenvalue weighted by Crippen LogP contribution is 2.19. The SMILES string of the molecule is C=CCC(NS(=O)(=O)c1ccc(F)c(Cl)c1)C(=O)O. The first kappa shape index (κ1) is 15.6. The molecule has 1 atom stereocenters. The van der Waals surface area contributed by atoms with Gasteiger partial charge in [0.15, 0.2) is 0 Å². The molecule has 0 amide bonds. The molecule has 1 aromatic carbocycles. The predicted octanol–water partition coefficient (Wildman–Crippen LogP) is 1.79. The number of hydrogen-bond donors (Lipinski definition) is 2. The van der Waals surface area contributed by atoms with E-state index in [1.54, 1.807) is 0 Å². The lowest BCUT2D eigenvalue weighted by Crippen LogP contribution is -2.40. The van der Waals surface area contributed by atoms with Gasteiger partial charge in [-0.1, -0.05) is 17.7 Å². The topological polar surface area (TPSA) is 83.5 Å². The summed E-state index contributed by atoms with van der Waals surface area (Å²) >= 11 is 5.48. The molecule has 0 aliphatic rings. The van der Waals surface area contributed by atoms with Crippen molar-refractivity contribution in [3.05, 3.63) is 41.7 Å². The van der Waals surface area contributed by atoms with E-state index >= 15 is 0 Å². The fourth-order valence-electron chi connectivity index (χ4n) is 1.27. The van der Waals surface area contributed by atoms with Gasteiger partial charge in [-0.3, -0.25) is 4.79 Å². The van der Waals surface area contributed by atoms with Crippen molar-refractivity contribution in [1.82, 2.24) is 4.72 Å². The fraction of sp³-hybridized carbons (Fsp3) is 0.182. The van der Waals surface area contributed by atoms with Crippen molar-refractivity contribution in [2.75, 3.05) is 0 Å². The number of halogens is 2. The molecule has 0 fully saturated rings. The molecule has 0 radical (unpaired) electrons. The van der Waals surface area contributed by atoms with Gasteiger partial charge < -0.3 is 5.11 Å². The Balaban J connectivity index is 3.06. The zero-order chi connectivity index (χ0) is 14.6. The third-order valence-electron chi connectivity index (χ3n) is 2.20. The van der Waals surface area contributed by atoms with E-state index in [4.69, 9.17) is 16.7 Å². The summed E-state index contributed by atoms with van der Waals surface area (Å²) in [4.78, 5) is 10.5. The molecule has 0 aromatic heterocycles. The van der Waals surface area contributed by atoms with Crippen LogP contribution >= 0.6 is 11.6 Å². The first-order chi connectivity index (χ1) is 8.77. The van der Waals surface area contributed by atoms with Crippen molar-refractivity contribution < 1.29 is 22.7 Å². The minimum Gasteiger partial charge on any atom is -0.480 e. The van der Waals surface area contributed by atoms with E-state index in [2.05, 4.69) is 6.58 Å². The number of sulfonamides is 1. The van der Waals surface area contributed by atoms with Crippen LogP contribution in [0.2, 0.25) is 5.02 Å². The van der Waals surface area contributed by atoms with Crippen LogP contribution in [0.3, 0.4) is 0 Å². The Morgan fingerprint density at radius 2 is 2.21 bits per heavy atom. The highest BCUT2D eigenvalue weighted by Gasteiger charge is 2.24. The smallest absolute Gasteiger partial charge is 0.322 e. The van der Waals surface area contributed by atoms with Crippen LogP contribution in [0.1, 0.15) is 6.42 Å². The van der Waals surface area contributed by atoms with Gasteiger partial charge in [0, 0.05) is 0 Å². The van der Waals surface area contributed by atoms with E-state index in [9.17, 15) is 17.6 Å². The molecule has 0 saturated carbocycles. The Labute approximate surface area is 114 Å². The lowest BCUT2D eigenvalue weighted by atomic mass is 10.2. The summed E-state index contributed by atoms with van der Waals surface area (Å²) in [5.74, 6) is -2.10. The Bertz CT molecular complexity index is 603. The Kier molecular flexibility index (Phi) is 5.04. The number of carboxylic acid groups (broad SMARTS) is 1. The maximum atomic E-state index is 12.9. The highest BCUT2D eigenvalue weighted by molar-refractivity contribution is 7.89. The molecule has 0 heterocycles. The number of hydrogen-bond acceptors (Lipinski definition) is 3. The molecule has 8 heteroatoms. The molecular weight excluding hydrogens is 297 g/mol. The van der Waals surface area contributed by atoms with Crippen LogP contribution in [-0.4, -0.2) is 25.5 Å². The van der Waals surface area contributed by atoms with Gasteiger partial charge in [-0.2, -0.15) is 4.72 Å². The van der Waals surface area contributed by atoms with Crippen LogP contribution in [0.25, 0.3) is 0 Å². The van der Waals surface area contributed by atoms with Gasteiger partial charge in [-0.15, -0.1) is 6.58 Å². The Morgan fingerprint density at radius 3 is 2.68 bits per heavy atom. The minimum atomic E-state index is -4.10. The Hall–Kier alpha value is -1.44. The van der Waals surface area contributed by atoms with Gasteiger partial charge in [0.2, 0.25) is 10.0 Å². The summed E-state index contributed by atoms with van der Waals surface area (Å²) < 4.78 is 38.7. The van der Waals surface area contributed by atoms with Crippen LogP contribution in [-0.2, 0) is 14.8 Å². The third kappa shape index (κ3) is 4.02. The second kappa shape index (κ2) is 6.14. The van der Waals surface area contributed by atoms with Gasteiger partial charge in [0.1, 0.15) is 11.9 Å². The normalized spacial score (nSPS) is 12.9. The summed E-state index contributed by atoms with van der Waals surface area (Å²) in [6, 6.07) is 1.45. The van der Waals surface area contributed by atoms with E-state index < -0.39 is 27.9 Å². The van der Waals surface area contributed by atoms with Gasteiger partial charge in [-0.25, -0.2) is 12.8 Å². The maximum Gasteiger partial charge on any atom is 0.322 e. The maximum absolute atomic E-state index is 12.9. The quantitative estimate of drug-likeness (QED) is 0.785. The van der Waals surface area contributed by atoms with Crippen LogP contribution in [0.4, 0.5) is 4.39 Å². The number of nitrogens with one attached hydrogen (secondary N) is 1. The number of carbonyl (C=O) groups is 1. The molecule has 2 N–H and O–H groups in total. The van der Waals surface area contributed by atoms with E-state index in [0.29, 0.717) is 0 Å². The highest BCUT2D eigenvalue weighted by atomic mass is 35.5. The fourth-order valence-corrected chi connectivity index (χ4v) is 2.74. The standard InChI is InChI=1S/C11H11ClFNO4S/c1-2-3-10(11(15)16)14-19(17,18)7-4-5-9(13)8(12)6-7/h2,4-6,10,14H,1,3H2,(H,15,16). The number of aliphatic carboxylic acids is 1. The zero-order valence-electron chi connectivity index (χ0n) is 9.64. The van der Waals surface area contributed by atoms with Crippen LogP contribution in [0.15, 0.2) is 35.7 Å². The van der Waals surface area contributed by atoms with E-state index in [1.807, 2.05) is 4.72 Å². The molecule has 0 spiro atoms. The largest absolute Gasteiger partial charge is 0.480 e. The summed E-state index contributed by atoms with van der Waals surface area (Å²) in [6.07, 6.45) is 1.20. The number of rotatable bonds is 6. The summed E-state index contributed by atoms with van der Waals surface area (Å²) in [7, 11) is -4.10. The monoisotopic (exact) mass is 307 g/mol. The van der Waals surface area contributed by atoms with E-state index in [1.165, 1.54) is 6.08 Å². The molecule has 19 heavy (non-hydrogen) atoms.